The maximum atomic E-state index is 11.7. The molecule has 1 N–H and O–H groups in total. The van der Waals surface area contributed by atoms with Crippen LogP contribution < -0.4 is 4.68 Å². The number of nitrogens with zero attached hydrogens (tertiary/aromatic N) is 5. The third-order valence-corrected chi connectivity index (χ3v) is 2.95. The monoisotopic (exact) mass is 302 g/mol. The van der Waals surface area contributed by atoms with Gasteiger partial charge in [0.1, 0.15) is 12.7 Å². The largest absolute Gasteiger partial charge is 0.480 e. The molecule has 1 amide bonds. The Kier molecular flexibility index (Phi) is 5.07. The van der Waals surface area contributed by atoms with Crippen molar-refractivity contribution >= 4 is 11.9 Å². The second-order valence-corrected chi connectivity index (χ2v) is 4.64. The molecule has 0 atom stereocenters. The van der Waals surface area contributed by atoms with Gasteiger partial charge in [0.05, 0.1) is 6.42 Å². The van der Waals surface area contributed by atoms with E-state index >= 15 is 0 Å². The molecule has 0 saturated carbocycles. The lowest BCUT2D eigenvalue weighted by atomic mass is 10.3. The summed E-state index contributed by atoms with van der Waals surface area (Å²) in [5, 5.41) is 12.8. The molecule has 2 heterocycles. The van der Waals surface area contributed by atoms with Crippen LogP contribution in [0.4, 0.5) is 0 Å². The van der Waals surface area contributed by atoms with E-state index in [0.29, 0.717) is 12.4 Å². The zero-order valence-electron chi connectivity index (χ0n) is 12.1. The SMILES string of the molecule is CN(CC(=O)O)C(=O)CC[n+]1ccc(-c2ncccn2)cn1. The van der Waals surface area contributed by atoms with Crippen LogP contribution in [0.3, 0.4) is 0 Å². The van der Waals surface area contributed by atoms with Gasteiger partial charge in [-0.15, -0.1) is 0 Å². The van der Waals surface area contributed by atoms with Gasteiger partial charge in [-0.25, -0.2) is 9.97 Å². The Balaban J connectivity index is 1.92. The van der Waals surface area contributed by atoms with Crippen LogP contribution >= 0.6 is 0 Å². The highest BCUT2D eigenvalue weighted by atomic mass is 16.4. The van der Waals surface area contributed by atoms with Crippen molar-refractivity contribution in [2.75, 3.05) is 13.6 Å². The molecule has 0 saturated heterocycles. The first kappa shape index (κ1) is 15.5. The number of amides is 1. The molecule has 0 aliphatic carbocycles. The standard InChI is InChI=1S/C14H15N5O3/c1-18(10-13(21)22)12(20)4-8-19-7-3-11(9-17-19)14-15-5-2-6-16-14/h2-3,5-7,9H,4,8,10H2,1H3/p+1. The summed E-state index contributed by atoms with van der Waals surface area (Å²) < 4.78 is 1.61. The molecule has 0 spiro atoms. The number of aryl methyl sites for hydroxylation is 1. The van der Waals surface area contributed by atoms with Crippen molar-refractivity contribution in [3.05, 3.63) is 36.9 Å². The Morgan fingerprint density at radius 2 is 2.05 bits per heavy atom. The summed E-state index contributed by atoms with van der Waals surface area (Å²) in [6, 6.07) is 3.55. The second-order valence-electron chi connectivity index (χ2n) is 4.64. The van der Waals surface area contributed by atoms with Crippen molar-refractivity contribution in [1.82, 2.24) is 20.0 Å². The van der Waals surface area contributed by atoms with Crippen LogP contribution in [-0.2, 0) is 16.1 Å². The Hall–Kier alpha value is -2.90. The van der Waals surface area contributed by atoms with Crippen LogP contribution in [0.15, 0.2) is 36.9 Å². The first-order chi connectivity index (χ1) is 10.6. The summed E-state index contributed by atoms with van der Waals surface area (Å²) in [4.78, 5) is 31.7. The lowest BCUT2D eigenvalue weighted by Gasteiger charge is -2.12. The number of hydrogen-bond acceptors (Lipinski definition) is 5. The molecule has 0 aliphatic heterocycles. The Bertz CT molecular complexity index is 645. The fourth-order valence-corrected chi connectivity index (χ4v) is 1.79. The minimum Gasteiger partial charge on any atom is -0.480 e. The quantitative estimate of drug-likeness (QED) is 0.739. The van der Waals surface area contributed by atoms with E-state index in [1.54, 1.807) is 35.5 Å². The number of aromatic nitrogens is 4. The average molecular weight is 302 g/mol. The molecule has 0 fully saturated rings. The second kappa shape index (κ2) is 7.21. The van der Waals surface area contributed by atoms with E-state index in [1.807, 2.05) is 6.07 Å². The topological polar surface area (TPSA) is 100 Å². The highest BCUT2D eigenvalue weighted by Gasteiger charge is 2.15. The van der Waals surface area contributed by atoms with Crippen LogP contribution in [0.2, 0.25) is 0 Å². The zero-order valence-corrected chi connectivity index (χ0v) is 12.1. The molecule has 22 heavy (non-hydrogen) atoms. The van der Waals surface area contributed by atoms with Crippen molar-refractivity contribution in [3.63, 3.8) is 0 Å². The predicted molar refractivity (Wildman–Crippen MR) is 75.3 cm³/mol. The third-order valence-electron chi connectivity index (χ3n) is 2.95. The summed E-state index contributed by atoms with van der Waals surface area (Å²) in [5.74, 6) is -0.694. The Morgan fingerprint density at radius 1 is 1.32 bits per heavy atom. The fraction of sp³-hybridized carbons (Fsp3) is 0.286. The zero-order chi connectivity index (χ0) is 15.9. The van der Waals surface area contributed by atoms with Gasteiger partial charge in [-0.3, -0.25) is 9.59 Å². The lowest BCUT2D eigenvalue weighted by Crippen LogP contribution is -2.41. The van der Waals surface area contributed by atoms with E-state index in [0.717, 1.165) is 5.56 Å². The number of carbonyl (C=O) groups is 2. The minimum absolute atomic E-state index is 0.183. The highest BCUT2D eigenvalue weighted by molar-refractivity contribution is 5.80. The van der Waals surface area contributed by atoms with Gasteiger partial charge in [0.15, 0.2) is 18.6 Å². The molecule has 2 aromatic heterocycles. The average Bonchev–Trinajstić information content (AvgIpc) is 2.53. The van der Waals surface area contributed by atoms with Crippen molar-refractivity contribution in [3.8, 4) is 11.4 Å². The number of aliphatic carboxylic acids is 1. The minimum atomic E-state index is -1.03. The van der Waals surface area contributed by atoms with Crippen LogP contribution in [0.25, 0.3) is 11.4 Å². The summed E-state index contributed by atoms with van der Waals surface area (Å²) in [7, 11) is 1.46. The lowest BCUT2D eigenvalue weighted by molar-refractivity contribution is -0.752. The van der Waals surface area contributed by atoms with Crippen molar-refractivity contribution in [2.45, 2.75) is 13.0 Å². The van der Waals surface area contributed by atoms with E-state index in [2.05, 4.69) is 15.1 Å². The van der Waals surface area contributed by atoms with Crippen molar-refractivity contribution in [1.29, 1.82) is 0 Å². The first-order valence-electron chi connectivity index (χ1n) is 6.65. The molecule has 8 heteroatoms. The van der Waals surface area contributed by atoms with Gasteiger partial charge in [0.2, 0.25) is 5.91 Å². The van der Waals surface area contributed by atoms with Crippen LogP contribution in [0.5, 0.6) is 0 Å². The molecule has 0 aliphatic rings. The van der Waals surface area contributed by atoms with Gasteiger partial charge >= 0.3 is 5.97 Å². The number of carboxylic acid groups (broad SMARTS) is 1. The number of carbonyl (C=O) groups excluding carboxylic acids is 1. The van der Waals surface area contributed by atoms with Crippen LogP contribution in [-0.4, -0.2) is 50.5 Å². The molecule has 114 valence electrons. The van der Waals surface area contributed by atoms with Gasteiger partial charge in [-0.1, -0.05) is 4.68 Å². The maximum Gasteiger partial charge on any atom is 0.323 e. The van der Waals surface area contributed by atoms with E-state index in [1.165, 1.54) is 11.9 Å². The number of carboxylic acids is 1. The summed E-state index contributed by atoms with van der Waals surface area (Å²) in [6.07, 6.45) is 6.85. The van der Waals surface area contributed by atoms with Gasteiger partial charge in [0, 0.05) is 31.1 Å². The predicted octanol–water partition coefficient (Wildman–Crippen LogP) is -0.241. The van der Waals surface area contributed by atoms with Crippen LogP contribution in [0.1, 0.15) is 6.42 Å². The molecule has 2 aromatic rings. The summed E-state index contributed by atoms with van der Waals surface area (Å²) in [6.45, 7) is 0.0694. The smallest absolute Gasteiger partial charge is 0.323 e. The van der Waals surface area contributed by atoms with Gasteiger partial charge in [-0.05, 0) is 11.2 Å². The van der Waals surface area contributed by atoms with Gasteiger partial charge in [-0.2, -0.15) is 0 Å². The van der Waals surface area contributed by atoms with Crippen molar-refractivity contribution < 1.29 is 19.4 Å². The molecular weight excluding hydrogens is 286 g/mol. The van der Waals surface area contributed by atoms with Crippen LogP contribution in [0, 0.1) is 0 Å². The normalized spacial score (nSPS) is 10.2. The summed E-state index contributed by atoms with van der Waals surface area (Å²) >= 11 is 0. The molecule has 0 unspecified atom stereocenters. The molecule has 0 radical (unpaired) electrons. The van der Waals surface area contributed by atoms with Gasteiger partial charge in [0.25, 0.3) is 0 Å². The molecular formula is C14H16N5O3+. The van der Waals surface area contributed by atoms with E-state index in [-0.39, 0.29) is 18.9 Å². The maximum absolute atomic E-state index is 11.7. The first-order valence-corrected chi connectivity index (χ1v) is 6.65. The van der Waals surface area contributed by atoms with E-state index in [9.17, 15) is 9.59 Å². The van der Waals surface area contributed by atoms with Crippen molar-refractivity contribution in [2.24, 2.45) is 0 Å². The number of likely N-dealkylation sites (N-methyl/N-ethyl adjacent to an activating group) is 1. The molecule has 2 rings (SSSR count). The Morgan fingerprint density at radius 3 is 2.64 bits per heavy atom. The van der Waals surface area contributed by atoms with E-state index < -0.39 is 5.97 Å². The van der Waals surface area contributed by atoms with Gasteiger partial charge < -0.3 is 10.0 Å². The third kappa shape index (κ3) is 4.30. The Labute approximate surface area is 127 Å². The number of rotatable bonds is 6. The summed E-state index contributed by atoms with van der Waals surface area (Å²) in [5.41, 5.74) is 0.783. The molecule has 0 aromatic carbocycles. The number of hydrogen-bond donors (Lipinski definition) is 1. The highest BCUT2D eigenvalue weighted by Crippen LogP contribution is 2.09. The molecule has 0 bridgehead atoms. The molecule has 8 nitrogen and oxygen atoms in total. The van der Waals surface area contributed by atoms with E-state index in [4.69, 9.17) is 5.11 Å². The fourth-order valence-electron chi connectivity index (χ4n) is 1.79.